The molecule has 1 N–H and O–H groups in total. The molecule has 0 saturated heterocycles. The summed E-state index contributed by atoms with van der Waals surface area (Å²) in [6, 6.07) is 3.24. The van der Waals surface area contributed by atoms with Crippen molar-refractivity contribution < 1.29 is 14.2 Å². The summed E-state index contributed by atoms with van der Waals surface area (Å²) < 4.78 is 12.9. The molecule has 0 fully saturated rings. The smallest absolute Gasteiger partial charge is 0.271 e. The second kappa shape index (κ2) is 6.77. The van der Waals surface area contributed by atoms with Crippen LogP contribution >= 0.6 is 0 Å². The number of halogens is 1. The summed E-state index contributed by atoms with van der Waals surface area (Å²) in [6.07, 6.45) is 3.73. The maximum absolute atomic E-state index is 12.9. The van der Waals surface area contributed by atoms with E-state index < -0.39 is 15.5 Å². The number of benzene rings is 1. The van der Waals surface area contributed by atoms with E-state index in [1.807, 2.05) is 0 Å². The molecule has 0 atom stereocenters. The number of hydrazone groups is 1. The number of hydrogen-bond donors (Lipinski definition) is 1. The Bertz CT molecular complexity index is 755. The van der Waals surface area contributed by atoms with Crippen LogP contribution in [0, 0.1) is 20.2 Å². The molecule has 0 aromatic heterocycles. The third-order valence-corrected chi connectivity index (χ3v) is 3.28. The van der Waals surface area contributed by atoms with Crippen LogP contribution < -0.4 is 5.43 Å². The predicted molar refractivity (Wildman–Crippen MR) is 83.0 cm³/mol. The highest BCUT2D eigenvalue weighted by Gasteiger charge is 2.19. The number of hydrogen-bond acceptors (Lipinski definition) is 6. The highest BCUT2D eigenvalue weighted by Crippen LogP contribution is 2.29. The fourth-order valence-corrected chi connectivity index (χ4v) is 2.00. The van der Waals surface area contributed by atoms with Crippen molar-refractivity contribution in [3.8, 4) is 0 Å². The van der Waals surface area contributed by atoms with Gasteiger partial charge in [-0.2, -0.15) is 5.10 Å². The maximum atomic E-state index is 12.9. The predicted octanol–water partition coefficient (Wildman–Crippen LogP) is 3.86. The Labute approximate surface area is 130 Å². The zero-order valence-corrected chi connectivity index (χ0v) is 12.2. The molecule has 0 bridgehead atoms. The molecule has 1 aliphatic carbocycles. The number of rotatable bonds is 5. The summed E-state index contributed by atoms with van der Waals surface area (Å²) in [4.78, 5) is 20.3. The van der Waals surface area contributed by atoms with Gasteiger partial charge in [0.05, 0.1) is 21.6 Å². The van der Waals surface area contributed by atoms with E-state index in [9.17, 15) is 24.6 Å². The minimum atomic E-state index is -0.724. The van der Waals surface area contributed by atoms with E-state index in [2.05, 4.69) is 10.5 Å². The summed E-state index contributed by atoms with van der Waals surface area (Å²) in [5.74, 6) is -0.208. The van der Waals surface area contributed by atoms with E-state index in [1.165, 1.54) is 12.1 Å². The molecule has 1 aromatic rings. The van der Waals surface area contributed by atoms with Gasteiger partial charge in [0.1, 0.15) is 11.5 Å². The second-order valence-corrected chi connectivity index (χ2v) is 4.81. The number of nitrogens with one attached hydrogen (secondary N) is 1. The number of anilines is 1. The van der Waals surface area contributed by atoms with Crippen LogP contribution in [-0.4, -0.2) is 15.6 Å². The van der Waals surface area contributed by atoms with Crippen molar-refractivity contribution >= 4 is 22.8 Å². The SMILES string of the molecule is CC(=NNc1ccc([N+](=O)[O-])cc1[N+](=O)[O-])C1=CCC(F)=CC1. The van der Waals surface area contributed by atoms with Gasteiger partial charge in [-0.15, -0.1) is 0 Å². The van der Waals surface area contributed by atoms with Gasteiger partial charge in [-0.25, -0.2) is 4.39 Å². The van der Waals surface area contributed by atoms with Gasteiger partial charge in [0.2, 0.25) is 0 Å². The average molecular weight is 320 g/mol. The molecule has 0 saturated carbocycles. The lowest BCUT2D eigenvalue weighted by Gasteiger charge is -2.10. The Morgan fingerprint density at radius 1 is 1.22 bits per heavy atom. The van der Waals surface area contributed by atoms with Crippen LogP contribution in [0.5, 0.6) is 0 Å². The third-order valence-electron chi connectivity index (χ3n) is 3.28. The Morgan fingerprint density at radius 2 is 1.96 bits per heavy atom. The van der Waals surface area contributed by atoms with Crippen LogP contribution in [0.3, 0.4) is 0 Å². The molecule has 9 heteroatoms. The third kappa shape index (κ3) is 3.96. The monoisotopic (exact) mass is 320 g/mol. The Hall–Kier alpha value is -3.10. The Kier molecular flexibility index (Phi) is 4.79. The first-order valence-electron chi connectivity index (χ1n) is 6.65. The quantitative estimate of drug-likeness (QED) is 0.503. The molecule has 0 amide bonds. The number of allylic oxidation sites excluding steroid dienone is 4. The van der Waals surface area contributed by atoms with Crippen LogP contribution in [0.4, 0.5) is 21.5 Å². The van der Waals surface area contributed by atoms with Crippen molar-refractivity contribution in [1.29, 1.82) is 0 Å². The van der Waals surface area contributed by atoms with Gasteiger partial charge in [-0.3, -0.25) is 25.7 Å². The van der Waals surface area contributed by atoms with Crippen molar-refractivity contribution in [2.75, 3.05) is 5.43 Å². The van der Waals surface area contributed by atoms with Gasteiger partial charge in [0.25, 0.3) is 5.69 Å². The van der Waals surface area contributed by atoms with Crippen molar-refractivity contribution in [1.82, 2.24) is 0 Å². The molecule has 23 heavy (non-hydrogen) atoms. The van der Waals surface area contributed by atoms with Crippen molar-refractivity contribution in [2.45, 2.75) is 19.8 Å². The molecule has 1 aliphatic rings. The summed E-state index contributed by atoms with van der Waals surface area (Å²) in [5, 5.41) is 25.7. The van der Waals surface area contributed by atoms with Gasteiger partial charge >= 0.3 is 5.69 Å². The summed E-state index contributed by atoms with van der Waals surface area (Å²) in [7, 11) is 0. The van der Waals surface area contributed by atoms with Crippen molar-refractivity contribution in [2.24, 2.45) is 5.10 Å². The number of nitro benzene ring substituents is 2. The molecule has 0 aliphatic heterocycles. The molecule has 2 rings (SSSR count). The van der Waals surface area contributed by atoms with E-state index >= 15 is 0 Å². The first-order chi connectivity index (χ1) is 10.9. The molecule has 0 radical (unpaired) electrons. The van der Waals surface area contributed by atoms with Crippen LogP contribution in [-0.2, 0) is 0 Å². The topological polar surface area (TPSA) is 111 Å². The largest absolute Gasteiger partial charge is 0.301 e. The molecule has 0 spiro atoms. The van der Waals surface area contributed by atoms with E-state index in [-0.39, 0.29) is 23.6 Å². The van der Waals surface area contributed by atoms with Gasteiger partial charge in [0, 0.05) is 12.5 Å². The summed E-state index contributed by atoms with van der Waals surface area (Å²) in [5.41, 5.74) is 3.12. The zero-order valence-electron chi connectivity index (χ0n) is 12.2. The lowest BCUT2D eigenvalue weighted by atomic mass is 10.0. The van der Waals surface area contributed by atoms with Gasteiger partial charge in [0.15, 0.2) is 0 Å². The molecule has 8 nitrogen and oxygen atoms in total. The van der Waals surface area contributed by atoms with Crippen LogP contribution in [0.15, 0.2) is 46.9 Å². The summed E-state index contributed by atoms with van der Waals surface area (Å²) >= 11 is 0. The van der Waals surface area contributed by atoms with Gasteiger partial charge < -0.3 is 0 Å². The molecular weight excluding hydrogens is 307 g/mol. The number of non-ortho nitro benzene ring substituents is 1. The summed E-state index contributed by atoms with van der Waals surface area (Å²) in [6.45, 7) is 1.69. The van der Waals surface area contributed by atoms with Crippen molar-refractivity contribution in [3.05, 3.63) is 62.0 Å². The van der Waals surface area contributed by atoms with Crippen molar-refractivity contribution in [3.63, 3.8) is 0 Å². The van der Waals surface area contributed by atoms with E-state index in [1.54, 1.807) is 13.0 Å². The van der Waals surface area contributed by atoms with E-state index in [4.69, 9.17) is 0 Å². The Balaban J connectivity index is 2.21. The zero-order chi connectivity index (χ0) is 17.0. The highest BCUT2D eigenvalue weighted by molar-refractivity contribution is 5.99. The lowest BCUT2D eigenvalue weighted by Crippen LogP contribution is -2.05. The number of nitrogens with zero attached hydrogens (tertiary/aromatic N) is 3. The van der Waals surface area contributed by atoms with Crippen LogP contribution in [0.2, 0.25) is 0 Å². The van der Waals surface area contributed by atoms with Crippen LogP contribution in [0.25, 0.3) is 0 Å². The van der Waals surface area contributed by atoms with Gasteiger partial charge in [-0.1, -0.05) is 6.08 Å². The fourth-order valence-electron chi connectivity index (χ4n) is 2.00. The first-order valence-corrected chi connectivity index (χ1v) is 6.65. The molecule has 120 valence electrons. The fraction of sp³-hybridized carbons (Fsp3) is 0.214. The number of nitro groups is 2. The second-order valence-electron chi connectivity index (χ2n) is 4.81. The standard InChI is InChI=1S/C14H13FN4O4/c1-9(10-2-4-11(15)5-3-10)16-17-13-7-6-12(18(20)21)8-14(13)19(22)23/h2,5-8,17H,3-4H2,1H3. The minimum Gasteiger partial charge on any atom is -0.271 e. The Morgan fingerprint density at radius 3 is 2.52 bits per heavy atom. The lowest BCUT2D eigenvalue weighted by molar-refractivity contribution is -0.393. The minimum absolute atomic E-state index is 0.0399. The first kappa shape index (κ1) is 16.3. The van der Waals surface area contributed by atoms with Gasteiger partial charge in [-0.05, 0) is 31.1 Å². The maximum Gasteiger partial charge on any atom is 0.301 e. The average Bonchev–Trinajstić information content (AvgIpc) is 2.52. The highest BCUT2D eigenvalue weighted by atomic mass is 19.1. The molecule has 0 unspecified atom stereocenters. The normalized spacial score (nSPS) is 14.8. The molecular formula is C14H13FN4O4. The molecule has 0 heterocycles. The molecule has 1 aromatic carbocycles. The van der Waals surface area contributed by atoms with Crippen LogP contribution in [0.1, 0.15) is 19.8 Å². The van der Waals surface area contributed by atoms with E-state index in [0.29, 0.717) is 12.1 Å². The van der Waals surface area contributed by atoms with E-state index in [0.717, 1.165) is 17.7 Å².